The van der Waals surface area contributed by atoms with Gasteiger partial charge in [0, 0.05) is 18.2 Å². The molecular weight excluding hydrogens is 418 g/mol. The van der Waals surface area contributed by atoms with Crippen LogP contribution >= 0.6 is 0 Å². The summed E-state index contributed by atoms with van der Waals surface area (Å²) in [6.45, 7) is 6.39. The van der Waals surface area contributed by atoms with Crippen LogP contribution in [0.2, 0.25) is 0 Å². The Morgan fingerprint density at radius 1 is 1.03 bits per heavy atom. The number of benzene rings is 3. The van der Waals surface area contributed by atoms with Crippen LogP contribution in [0.5, 0.6) is 0 Å². The molecule has 3 aromatic carbocycles. The van der Waals surface area contributed by atoms with Crippen molar-refractivity contribution in [3.05, 3.63) is 76.9 Å². The van der Waals surface area contributed by atoms with Crippen molar-refractivity contribution in [2.45, 2.75) is 39.2 Å². The molecule has 3 nitrogen and oxygen atoms in total. The molecule has 1 aliphatic heterocycles. The van der Waals surface area contributed by atoms with Gasteiger partial charge in [-0.3, -0.25) is 4.90 Å². The normalized spacial score (nSPS) is 20.6. The summed E-state index contributed by atoms with van der Waals surface area (Å²) in [5.74, 6) is 0.539. The highest BCUT2D eigenvalue weighted by Crippen LogP contribution is 2.43. The van der Waals surface area contributed by atoms with Crippen molar-refractivity contribution >= 4 is 11.1 Å². The minimum atomic E-state index is -0.280. The lowest BCUT2D eigenvalue weighted by atomic mass is 9.96. The molecule has 2 unspecified atom stereocenters. The average molecular weight is 445 g/mol. The van der Waals surface area contributed by atoms with E-state index in [1.807, 2.05) is 37.3 Å². The molecule has 2 atom stereocenters. The number of oxazole rings is 1. The van der Waals surface area contributed by atoms with Crippen LogP contribution in [0.25, 0.3) is 33.7 Å². The Morgan fingerprint density at radius 2 is 1.85 bits per heavy atom. The van der Waals surface area contributed by atoms with E-state index in [1.165, 1.54) is 18.6 Å². The maximum absolute atomic E-state index is 15.5. The minimum Gasteiger partial charge on any atom is -0.433 e. The molecule has 5 heteroatoms. The summed E-state index contributed by atoms with van der Waals surface area (Å²) in [6, 6.07) is 14.6. The van der Waals surface area contributed by atoms with Gasteiger partial charge in [0.1, 0.15) is 11.3 Å². The third-order valence-electron chi connectivity index (χ3n) is 7.38. The van der Waals surface area contributed by atoms with E-state index in [-0.39, 0.29) is 23.3 Å². The van der Waals surface area contributed by atoms with Crippen molar-refractivity contribution in [1.29, 1.82) is 0 Å². The molecule has 0 amide bonds. The Balaban J connectivity index is 1.43. The van der Waals surface area contributed by atoms with E-state index in [0.29, 0.717) is 17.3 Å². The second kappa shape index (κ2) is 7.77. The third-order valence-corrected chi connectivity index (χ3v) is 7.38. The van der Waals surface area contributed by atoms with E-state index in [1.54, 1.807) is 6.07 Å². The molecule has 33 heavy (non-hydrogen) atoms. The van der Waals surface area contributed by atoms with Gasteiger partial charge in [0.25, 0.3) is 0 Å². The molecule has 0 spiro atoms. The SMILES string of the molecule is Cc1c(-c2cccc(F)c2)cccc1-c1nc2cc3c(c(F)c2o1)CCC3N1CCC(C)C1. The zero-order valence-electron chi connectivity index (χ0n) is 18.9. The molecule has 1 saturated heterocycles. The van der Waals surface area contributed by atoms with Gasteiger partial charge in [-0.2, -0.15) is 0 Å². The molecule has 1 fully saturated rings. The highest BCUT2D eigenvalue weighted by atomic mass is 19.1. The molecule has 0 N–H and O–H groups in total. The van der Waals surface area contributed by atoms with E-state index < -0.39 is 0 Å². The molecular formula is C28H26F2N2O. The van der Waals surface area contributed by atoms with Crippen LogP contribution in [0, 0.1) is 24.5 Å². The molecule has 0 saturated carbocycles. The average Bonchev–Trinajstić information content (AvgIpc) is 3.52. The molecule has 1 aliphatic carbocycles. The maximum Gasteiger partial charge on any atom is 0.227 e. The van der Waals surface area contributed by atoms with Crippen LogP contribution in [0.15, 0.2) is 52.9 Å². The topological polar surface area (TPSA) is 29.3 Å². The first-order valence-corrected chi connectivity index (χ1v) is 11.7. The van der Waals surface area contributed by atoms with Gasteiger partial charge in [-0.05, 0) is 90.7 Å². The van der Waals surface area contributed by atoms with Crippen molar-refractivity contribution < 1.29 is 13.2 Å². The molecule has 6 rings (SSSR count). The van der Waals surface area contributed by atoms with Crippen molar-refractivity contribution in [1.82, 2.24) is 9.88 Å². The Hall–Kier alpha value is -3.05. The standard InChI is InChI=1S/C28H26F2N2O/c1-16-11-12-32(15-16)25-10-9-22-23(25)14-24-27(26(22)30)33-28(31-24)21-8-4-7-20(17(21)2)18-5-3-6-19(29)13-18/h3-8,13-14,16,25H,9-12,15H2,1-2H3. The van der Waals surface area contributed by atoms with Crippen LogP contribution in [-0.4, -0.2) is 23.0 Å². The second-order valence-corrected chi connectivity index (χ2v) is 9.56. The number of rotatable bonds is 3. The number of aromatic nitrogens is 1. The molecule has 4 aromatic rings. The predicted octanol–water partition coefficient (Wildman–Crippen LogP) is 7.08. The van der Waals surface area contributed by atoms with E-state index in [0.717, 1.165) is 59.3 Å². The number of hydrogen-bond donors (Lipinski definition) is 0. The summed E-state index contributed by atoms with van der Waals surface area (Å²) in [4.78, 5) is 7.21. The fraction of sp³-hybridized carbons (Fsp3) is 0.321. The fourth-order valence-corrected chi connectivity index (χ4v) is 5.66. The first kappa shape index (κ1) is 20.5. The quantitative estimate of drug-likeness (QED) is 0.338. The lowest BCUT2D eigenvalue weighted by molar-refractivity contribution is 0.238. The van der Waals surface area contributed by atoms with E-state index >= 15 is 4.39 Å². The van der Waals surface area contributed by atoms with Crippen molar-refractivity contribution in [3.63, 3.8) is 0 Å². The first-order valence-electron chi connectivity index (χ1n) is 11.7. The summed E-state index contributed by atoms with van der Waals surface area (Å²) in [5.41, 5.74) is 6.05. The van der Waals surface area contributed by atoms with Crippen molar-refractivity contribution in [2.24, 2.45) is 5.92 Å². The summed E-state index contributed by atoms with van der Waals surface area (Å²) in [6.07, 6.45) is 2.88. The van der Waals surface area contributed by atoms with E-state index in [9.17, 15) is 4.39 Å². The first-order chi connectivity index (χ1) is 16.0. The van der Waals surface area contributed by atoms with Gasteiger partial charge in [-0.25, -0.2) is 13.8 Å². The number of nitrogens with zero attached hydrogens (tertiary/aromatic N) is 2. The summed E-state index contributed by atoms with van der Waals surface area (Å²) in [5, 5.41) is 0. The number of hydrogen-bond acceptors (Lipinski definition) is 3. The van der Waals surface area contributed by atoms with Crippen LogP contribution in [-0.2, 0) is 6.42 Å². The third kappa shape index (κ3) is 3.37. The Morgan fingerprint density at radius 3 is 2.64 bits per heavy atom. The maximum atomic E-state index is 15.5. The van der Waals surface area contributed by atoms with Crippen LogP contribution in [0.1, 0.15) is 42.5 Å². The fourth-order valence-electron chi connectivity index (χ4n) is 5.66. The van der Waals surface area contributed by atoms with Crippen molar-refractivity contribution in [2.75, 3.05) is 13.1 Å². The van der Waals surface area contributed by atoms with E-state index in [4.69, 9.17) is 9.40 Å². The van der Waals surface area contributed by atoms with Gasteiger partial charge in [-0.1, -0.05) is 31.2 Å². The number of halogens is 2. The molecule has 0 bridgehead atoms. The zero-order chi connectivity index (χ0) is 22.7. The monoisotopic (exact) mass is 444 g/mol. The molecule has 168 valence electrons. The van der Waals surface area contributed by atoms with E-state index in [2.05, 4.69) is 11.8 Å². The molecule has 1 aromatic heterocycles. The predicted molar refractivity (Wildman–Crippen MR) is 126 cm³/mol. The second-order valence-electron chi connectivity index (χ2n) is 9.56. The van der Waals surface area contributed by atoms with Gasteiger partial charge >= 0.3 is 0 Å². The van der Waals surface area contributed by atoms with Gasteiger partial charge in [0.05, 0.1) is 0 Å². The van der Waals surface area contributed by atoms with Crippen LogP contribution in [0.3, 0.4) is 0 Å². The molecule has 2 aliphatic rings. The summed E-state index contributed by atoms with van der Waals surface area (Å²) < 4.78 is 35.3. The lowest BCUT2D eigenvalue weighted by Gasteiger charge is -2.24. The largest absolute Gasteiger partial charge is 0.433 e. The Kier molecular flexibility index (Phi) is 4.84. The zero-order valence-corrected chi connectivity index (χ0v) is 18.9. The smallest absolute Gasteiger partial charge is 0.227 e. The number of likely N-dealkylation sites (tertiary alicyclic amines) is 1. The summed E-state index contributed by atoms with van der Waals surface area (Å²) >= 11 is 0. The lowest BCUT2D eigenvalue weighted by Crippen LogP contribution is -2.24. The van der Waals surface area contributed by atoms with Crippen molar-refractivity contribution in [3.8, 4) is 22.6 Å². The minimum absolute atomic E-state index is 0.231. The van der Waals surface area contributed by atoms with Crippen LogP contribution in [0.4, 0.5) is 8.78 Å². The molecule has 0 radical (unpaired) electrons. The van der Waals surface area contributed by atoms with Gasteiger partial charge in [0.2, 0.25) is 5.89 Å². The Labute approximate surface area is 192 Å². The highest BCUT2D eigenvalue weighted by molar-refractivity contribution is 5.82. The Bertz CT molecular complexity index is 1380. The van der Waals surface area contributed by atoms with Crippen LogP contribution < -0.4 is 0 Å². The molecule has 2 heterocycles. The highest BCUT2D eigenvalue weighted by Gasteiger charge is 2.35. The number of fused-ring (bicyclic) bond motifs is 2. The van der Waals surface area contributed by atoms with Gasteiger partial charge in [-0.15, -0.1) is 0 Å². The van der Waals surface area contributed by atoms with Gasteiger partial charge < -0.3 is 4.42 Å². The summed E-state index contributed by atoms with van der Waals surface area (Å²) in [7, 11) is 0. The van der Waals surface area contributed by atoms with Gasteiger partial charge in [0.15, 0.2) is 11.4 Å².